The quantitative estimate of drug-likeness (QED) is 0.894. The van der Waals surface area contributed by atoms with Gasteiger partial charge in [-0.05, 0) is 43.9 Å². The van der Waals surface area contributed by atoms with Crippen LogP contribution < -0.4 is 5.32 Å². The maximum atomic E-state index is 4.55. The zero-order chi connectivity index (χ0) is 13.5. The van der Waals surface area contributed by atoms with Crippen LogP contribution in [0.15, 0.2) is 30.6 Å². The molecule has 1 aliphatic carbocycles. The van der Waals surface area contributed by atoms with Crippen LogP contribution in [0, 0.1) is 5.41 Å². The maximum absolute atomic E-state index is 4.55. The number of para-hydroxylation sites is 2. The molecule has 0 bridgehead atoms. The standard InChI is InChI=1S/C16H23N3/c1-16(2)9-8-12(17-3)15(10-16)19-11-18-13-6-4-5-7-14(13)19/h4-7,11-12,15,17H,8-10H2,1-3H3. The van der Waals surface area contributed by atoms with Crippen molar-refractivity contribution in [2.75, 3.05) is 7.05 Å². The van der Waals surface area contributed by atoms with Gasteiger partial charge in [-0.2, -0.15) is 0 Å². The van der Waals surface area contributed by atoms with E-state index in [1.165, 1.54) is 24.8 Å². The fourth-order valence-corrected chi connectivity index (χ4v) is 3.42. The van der Waals surface area contributed by atoms with Crippen molar-refractivity contribution in [1.82, 2.24) is 14.9 Å². The molecule has 3 heteroatoms. The monoisotopic (exact) mass is 257 g/mol. The molecule has 2 unspecified atom stereocenters. The van der Waals surface area contributed by atoms with Gasteiger partial charge in [0, 0.05) is 6.04 Å². The Morgan fingerprint density at radius 3 is 2.89 bits per heavy atom. The van der Waals surface area contributed by atoms with E-state index in [0.717, 1.165) is 5.52 Å². The van der Waals surface area contributed by atoms with Gasteiger partial charge in [-0.3, -0.25) is 0 Å². The lowest BCUT2D eigenvalue weighted by Crippen LogP contribution is -2.42. The molecular formula is C16H23N3. The fraction of sp³-hybridized carbons (Fsp3) is 0.562. The summed E-state index contributed by atoms with van der Waals surface area (Å²) in [5, 5.41) is 3.50. The number of nitrogens with one attached hydrogen (secondary N) is 1. The van der Waals surface area contributed by atoms with Crippen LogP contribution in [0.3, 0.4) is 0 Å². The summed E-state index contributed by atoms with van der Waals surface area (Å²) in [6.07, 6.45) is 5.75. The molecule has 0 aliphatic heterocycles. The van der Waals surface area contributed by atoms with E-state index in [9.17, 15) is 0 Å². The van der Waals surface area contributed by atoms with Gasteiger partial charge in [-0.1, -0.05) is 26.0 Å². The van der Waals surface area contributed by atoms with Gasteiger partial charge in [-0.15, -0.1) is 0 Å². The number of hydrogen-bond acceptors (Lipinski definition) is 2. The molecule has 3 nitrogen and oxygen atoms in total. The number of aromatic nitrogens is 2. The Morgan fingerprint density at radius 2 is 2.11 bits per heavy atom. The van der Waals surface area contributed by atoms with Crippen LogP contribution in [0.2, 0.25) is 0 Å². The van der Waals surface area contributed by atoms with Crippen LogP contribution in [0.4, 0.5) is 0 Å². The van der Waals surface area contributed by atoms with Crippen molar-refractivity contribution in [3.8, 4) is 0 Å². The summed E-state index contributed by atoms with van der Waals surface area (Å²) in [7, 11) is 2.08. The Kier molecular flexibility index (Phi) is 3.09. The summed E-state index contributed by atoms with van der Waals surface area (Å²) in [6.45, 7) is 4.76. The molecule has 3 rings (SSSR count). The normalized spacial score (nSPS) is 26.7. The SMILES string of the molecule is CNC1CCC(C)(C)CC1n1cnc2ccccc21. The highest BCUT2D eigenvalue weighted by atomic mass is 15.1. The van der Waals surface area contributed by atoms with E-state index in [0.29, 0.717) is 17.5 Å². The zero-order valence-electron chi connectivity index (χ0n) is 12.1. The summed E-state index contributed by atoms with van der Waals surface area (Å²) in [6, 6.07) is 9.47. The van der Waals surface area contributed by atoms with E-state index < -0.39 is 0 Å². The number of imidazole rings is 1. The third-order valence-electron chi connectivity index (χ3n) is 4.57. The molecule has 102 valence electrons. The molecule has 1 aliphatic rings. The van der Waals surface area contributed by atoms with Crippen LogP contribution in [0.1, 0.15) is 39.2 Å². The second kappa shape index (κ2) is 4.64. The van der Waals surface area contributed by atoms with Crippen molar-refractivity contribution >= 4 is 11.0 Å². The molecule has 1 saturated carbocycles. The van der Waals surface area contributed by atoms with Gasteiger partial charge in [0.15, 0.2) is 0 Å². The van der Waals surface area contributed by atoms with E-state index in [4.69, 9.17) is 0 Å². The van der Waals surface area contributed by atoms with E-state index in [2.05, 4.69) is 60.0 Å². The highest BCUT2D eigenvalue weighted by molar-refractivity contribution is 5.75. The molecule has 2 atom stereocenters. The molecule has 0 amide bonds. The summed E-state index contributed by atoms with van der Waals surface area (Å²) < 4.78 is 2.37. The number of fused-ring (bicyclic) bond motifs is 1. The van der Waals surface area contributed by atoms with Crippen LogP contribution in [0.5, 0.6) is 0 Å². The third kappa shape index (κ3) is 2.27. The van der Waals surface area contributed by atoms with Crippen molar-refractivity contribution in [3.05, 3.63) is 30.6 Å². The van der Waals surface area contributed by atoms with Crippen LogP contribution in [-0.2, 0) is 0 Å². The molecule has 1 heterocycles. The van der Waals surface area contributed by atoms with E-state index >= 15 is 0 Å². The van der Waals surface area contributed by atoms with Crippen molar-refractivity contribution in [3.63, 3.8) is 0 Å². The predicted octanol–water partition coefficient (Wildman–Crippen LogP) is 3.38. The molecule has 19 heavy (non-hydrogen) atoms. The van der Waals surface area contributed by atoms with Gasteiger partial charge in [0.1, 0.15) is 0 Å². The number of nitrogens with zero attached hydrogens (tertiary/aromatic N) is 2. The molecule has 0 saturated heterocycles. The topological polar surface area (TPSA) is 29.9 Å². The third-order valence-corrected chi connectivity index (χ3v) is 4.57. The van der Waals surface area contributed by atoms with E-state index in [1.807, 2.05) is 6.33 Å². The van der Waals surface area contributed by atoms with Crippen molar-refractivity contribution in [2.24, 2.45) is 5.41 Å². The average Bonchev–Trinajstić information content (AvgIpc) is 2.81. The highest BCUT2D eigenvalue weighted by Crippen LogP contribution is 2.41. The van der Waals surface area contributed by atoms with E-state index in [-0.39, 0.29) is 0 Å². The molecule has 1 aromatic carbocycles. The number of benzene rings is 1. The maximum Gasteiger partial charge on any atom is 0.0961 e. The minimum atomic E-state index is 0.420. The molecule has 1 N–H and O–H groups in total. The second-order valence-electron chi connectivity index (χ2n) is 6.51. The van der Waals surface area contributed by atoms with Gasteiger partial charge in [-0.25, -0.2) is 4.98 Å². The number of rotatable bonds is 2. The van der Waals surface area contributed by atoms with Crippen molar-refractivity contribution < 1.29 is 0 Å². The minimum Gasteiger partial charge on any atom is -0.326 e. The first kappa shape index (κ1) is 12.7. The first-order valence-corrected chi connectivity index (χ1v) is 7.19. The van der Waals surface area contributed by atoms with Gasteiger partial charge in [0.2, 0.25) is 0 Å². The Labute approximate surface area is 115 Å². The average molecular weight is 257 g/mol. The van der Waals surface area contributed by atoms with Crippen molar-refractivity contribution in [2.45, 2.75) is 45.2 Å². The summed E-state index contributed by atoms with van der Waals surface area (Å²) in [5.41, 5.74) is 2.77. The summed E-state index contributed by atoms with van der Waals surface area (Å²) in [5.74, 6) is 0. The second-order valence-corrected chi connectivity index (χ2v) is 6.51. The lowest BCUT2D eigenvalue weighted by Gasteiger charge is -2.41. The first-order valence-electron chi connectivity index (χ1n) is 7.19. The zero-order valence-corrected chi connectivity index (χ0v) is 12.1. The predicted molar refractivity (Wildman–Crippen MR) is 79.2 cm³/mol. The van der Waals surface area contributed by atoms with Crippen LogP contribution in [-0.4, -0.2) is 22.6 Å². The fourth-order valence-electron chi connectivity index (χ4n) is 3.42. The van der Waals surface area contributed by atoms with Crippen LogP contribution in [0.25, 0.3) is 11.0 Å². The highest BCUT2D eigenvalue weighted by Gasteiger charge is 2.35. The van der Waals surface area contributed by atoms with E-state index in [1.54, 1.807) is 0 Å². The lowest BCUT2D eigenvalue weighted by molar-refractivity contribution is 0.149. The molecular weight excluding hydrogens is 234 g/mol. The Hall–Kier alpha value is -1.35. The Morgan fingerprint density at radius 1 is 1.32 bits per heavy atom. The first-order chi connectivity index (χ1) is 9.11. The summed E-state index contributed by atoms with van der Waals surface area (Å²) in [4.78, 5) is 4.55. The number of hydrogen-bond donors (Lipinski definition) is 1. The molecule has 0 spiro atoms. The largest absolute Gasteiger partial charge is 0.326 e. The molecule has 1 fully saturated rings. The van der Waals surface area contributed by atoms with Gasteiger partial charge in [0.05, 0.1) is 23.4 Å². The Balaban J connectivity index is 2.02. The number of likely N-dealkylation sites (N-methyl/N-ethyl adjacent to an activating group) is 1. The van der Waals surface area contributed by atoms with Gasteiger partial charge >= 0.3 is 0 Å². The Bertz CT molecular complexity index is 570. The van der Waals surface area contributed by atoms with Gasteiger partial charge in [0.25, 0.3) is 0 Å². The smallest absolute Gasteiger partial charge is 0.0961 e. The lowest BCUT2D eigenvalue weighted by atomic mass is 9.73. The molecule has 1 aromatic heterocycles. The van der Waals surface area contributed by atoms with Crippen molar-refractivity contribution in [1.29, 1.82) is 0 Å². The van der Waals surface area contributed by atoms with Crippen LogP contribution >= 0.6 is 0 Å². The summed E-state index contributed by atoms with van der Waals surface area (Å²) >= 11 is 0. The van der Waals surface area contributed by atoms with Gasteiger partial charge < -0.3 is 9.88 Å². The minimum absolute atomic E-state index is 0.420. The molecule has 0 radical (unpaired) electrons. The molecule has 2 aromatic rings.